The molecule has 0 aliphatic rings. The van der Waals surface area contributed by atoms with Crippen molar-refractivity contribution >= 4 is 28.1 Å². The molecule has 86 valence electrons. The van der Waals surface area contributed by atoms with E-state index in [0.717, 1.165) is 0 Å². The number of hydrogen-bond donors (Lipinski definition) is 3. The van der Waals surface area contributed by atoms with Crippen LogP contribution in [0.3, 0.4) is 0 Å². The van der Waals surface area contributed by atoms with Crippen molar-refractivity contribution in [3.05, 3.63) is 18.2 Å². The van der Waals surface area contributed by atoms with Crippen molar-refractivity contribution in [2.45, 2.75) is 11.8 Å². The normalized spacial score (nSPS) is 10.7. The summed E-state index contributed by atoms with van der Waals surface area (Å²) in [5, 5.41) is 9.10. The third-order valence-corrected chi connectivity index (χ3v) is 3.19. The molecule has 0 bridgehead atoms. The highest BCUT2D eigenvalue weighted by Gasteiger charge is 2.13. The minimum atomic E-state index is -3.49. The fraction of sp³-hybridized carbons (Fsp3) is 0.250. The molecule has 0 aliphatic heterocycles. The Morgan fingerprint density at radius 3 is 2.53 bits per heavy atom. The van der Waals surface area contributed by atoms with Gasteiger partial charge in [-0.05, 0) is 18.2 Å². The van der Waals surface area contributed by atoms with Gasteiger partial charge in [0.2, 0.25) is 10.0 Å². The molecule has 4 N–H and O–H groups in total. The number of rotatable bonds is 3. The van der Waals surface area contributed by atoms with Gasteiger partial charge in [-0.2, -0.15) is 0 Å². The lowest BCUT2D eigenvalue weighted by Crippen LogP contribution is -2.23. The van der Waals surface area contributed by atoms with Crippen LogP contribution in [0.1, 0.15) is 6.92 Å². The highest BCUT2D eigenvalue weighted by atomic mass is 35.5. The van der Waals surface area contributed by atoms with Gasteiger partial charge in [0.1, 0.15) is 5.75 Å². The van der Waals surface area contributed by atoms with E-state index in [4.69, 9.17) is 10.8 Å². The first-order valence-corrected chi connectivity index (χ1v) is 5.54. The summed E-state index contributed by atoms with van der Waals surface area (Å²) in [5.74, 6) is -0.125. The average molecular weight is 253 g/mol. The van der Waals surface area contributed by atoms with E-state index in [1.807, 2.05) is 0 Å². The summed E-state index contributed by atoms with van der Waals surface area (Å²) >= 11 is 0. The molecule has 1 rings (SSSR count). The lowest BCUT2D eigenvalue weighted by Gasteiger charge is -2.05. The molecule has 0 amide bonds. The van der Waals surface area contributed by atoms with Crippen molar-refractivity contribution in [2.24, 2.45) is 0 Å². The molecular formula is C8H13ClN2O3S. The van der Waals surface area contributed by atoms with Crippen LogP contribution in [0.4, 0.5) is 5.69 Å². The summed E-state index contributed by atoms with van der Waals surface area (Å²) < 4.78 is 25.2. The highest BCUT2D eigenvalue weighted by Crippen LogP contribution is 2.22. The van der Waals surface area contributed by atoms with Crippen molar-refractivity contribution in [1.82, 2.24) is 4.72 Å². The Hall–Kier alpha value is -0.980. The summed E-state index contributed by atoms with van der Waals surface area (Å²) in [6, 6.07) is 3.76. The number of aromatic hydroxyl groups is 1. The van der Waals surface area contributed by atoms with Gasteiger partial charge in [0, 0.05) is 6.54 Å². The molecule has 0 saturated heterocycles. The van der Waals surface area contributed by atoms with Crippen LogP contribution in [0, 0.1) is 0 Å². The van der Waals surface area contributed by atoms with Crippen LogP contribution in [0.15, 0.2) is 23.1 Å². The zero-order valence-electron chi connectivity index (χ0n) is 8.10. The maximum absolute atomic E-state index is 11.4. The molecule has 1 aromatic carbocycles. The Morgan fingerprint density at radius 2 is 2.07 bits per heavy atom. The summed E-state index contributed by atoms with van der Waals surface area (Å²) in [6.45, 7) is 1.99. The number of nitrogens with one attached hydrogen (secondary N) is 1. The van der Waals surface area contributed by atoms with Crippen LogP contribution in [-0.4, -0.2) is 20.1 Å². The smallest absolute Gasteiger partial charge is 0.240 e. The first-order valence-electron chi connectivity index (χ1n) is 4.05. The number of phenolic OH excluding ortho intramolecular Hbond substituents is 1. The number of hydrogen-bond acceptors (Lipinski definition) is 4. The van der Waals surface area contributed by atoms with Gasteiger partial charge in [-0.15, -0.1) is 12.4 Å². The number of anilines is 1. The van der Waals surface area contributed by atoms with Gasteiger partial charge in [-0.3, -0.25) is 0 Å². The van der Waals surface area contributed by atoms with Crippen molar-refractivity contribution < 1.29 is 13.5 Å². The first kappa shape index (κ1) is 14.0. The summed E-state index contributed by atoms with van der Waals surface area (Å²) in [5.41, 5.74) is 5.42. The minimum Gasteiger partial charge on any atom is -0.506 e. The fourth-order valence-corrected chi connectivity index (χ4v) is 2.05. The van der Waals surface area contributed by atoms with Crippen LogP contribution in [0.2, 0.25) is 0 Å². The number of phenols is 1. The summed E-state index contributed by atoms with van der Waals surface area (Å²) in [6.07, 6.45) is 0. The van der Waals surface area contributed by atoms with Gasteiger partial charge in [0.25, 0.3) is 0 Å². The molecule has 0 aliphatic carbocycles. The van der Waals surface area contributed by atoms with Crippen molar-refractivity contribution in [2.75, 3.05) is 12.3 Å². The van der Waals surface area contributed by atoms with Crippen LogP contribution in [0.5, 0.6) is 5.75 Å². The van der Waals surface area contributed by atoms with E-state index in [0.29, 0.717) is 6.54 Å². The van der Waals surface area contributed by atoms with Gasteiger partial charge in [-0.25, -0.2) is 13.1 Å². The Kier molecular flexibility index (Phi) is 4.86. The van der Waals surface area contributed by atoms with E-state index >= 15 is 0 Å². The maximum atomic E-state index is 11.4. The van der Waals surface area contributed by atoms with Crippen molar-refractivity contribution in [1.29, 1.82) is 0 Å². The van der Waals surface area contributed by atoms with Gasteiger partial charge < -0.3 is 10.8 Å². The molecule has 0 heterocycles. The molecule has 1 aromatic rings. The molecular weight excluding hydrogens is 240 g/mol. The van der Waals surface area contributed by atoms with Gasteiger partial charge in [0.15, 0.2) is 0 Å². The molecule has 5 nitrogen and oxygen atoms in total. The molecule has 0 fully saturated rings. The molecule has 0 unspecified atom stereocenters. The molecule has 0 spiro atoms. The lowest BCUT2D eigenvalue weighted by atomic mass is 10.3. The Balaban J connectivity index is 0.00000196. The van der Waals surface area contributed by atoms with E-state index in [2.05, 4.69) is 4.72 Å². The minimum absolute atomic E-state index is 0. The Bertz CT molecular complexity index is 434. The van der Waals surface area contributed by atoms with Gasteiger partial charge in [-0.1, -0.05) is 6.92 Å². The number of nitrogens with two attached hydrogens (primary N) is 1. The molecule has 0 atom stereocenters. The third-order valence-electron chi connectivity index (χ3n) is 1.64. The average Bonchev–Trinajstić information content (AvgIpc) is 2.09. The number of sulfonamides is 1. The van der Waals surface area contributed by atoms with Crippen molar-refractivity contribution in [3.63, 3.8) is 0 Å². The zero-order chi connectivity index (χ0) is 10.8. The Morgan fingerprint density at radius 1 is 1.47 bits per heavy atom. The van der Waals surface area contributed by atoms with Crippen LogP contribution in [-0.2, 0) is 10.0 Å². The Labute approximate surface area is 94.8 Å². The molecule has 0 aromatic heterocycles. The number of benzene rings is 1. The summed E-state index contributed by atoms with van der Waals surface area (Å²) in [4.78, 5) is 0.0506. The predicted octanol–water partition coefficient (Wildman–Crippen LogP) is 0.694. The van der Waals surface area contributed by atoms with E-state index < -0.39 is 10.0 Å². The van der Waals surface area contributed by atoms with Crippen LogP contribution < -0.4 is 10.5 Å². The second-order valence-electron chi connectivity index (χ2n) is 2.72. The molecule has 0 radical (unpaired) electrons. The molecule has 0 saturated carbocycles. The summed E-state index contributed by atoms with van der Waals surface area (Å²) in [7, 11) is -3.49. The molecule has 7 heteroatoms. The fourth-order valence-electron chi connectivity index (χ4n) is 0.973. The lowest BCUT2D eigenvalue weighted by molar-refractivity contribution is 0.477. The monoisotopic (exact) mass is 252 g/mol. The predicted molar refractivity (Wildman–Crippen MR) is 60.6 cm³/mol. The standard InChI is InChI=1S/C8H12N2O3S.ClH/c1-2-10-14(12,13)6-3-4-8(11)7(9)5-6;/h3-5,10-11H,2,9H2,1H3;1H. The maximum Gasteiger partial charge on any atom is 0.240 e. The topological polar surface area (TPSA) is 92.4 Å². The SMILES string of the molecule is CCNS(=O)(=O)c1ccc(O)c(N)c1.Cl. The van der Waals surface area contributed by atoms with E-state index in [-0.39, 0.29) is 28.7 Å². The van der Waals surface area contributed by atoms with Gasteiger partial charge in [0.05, 0.1) is 10.6 Å². The van der Waals surface area contributed by atoms with E-state index in [1.54, 1.807) is 6.92 Å². The number of nitrogen functional groups attached to an aromatic ring is 1. The number of halogens is 1. The van der Waals surface area contributed by atoms with Crippen LogP contribution in [0.25, 0.3) is 0 Å². The van der Waals surface area contributed by atoms with E-state index in [9.17, 15) is 8.42 Å². The zero-order valence-corrected chi connectivity index (χ0v) is 9.73. The van der Waals surface area contributed by atoms with E-state index in [1.165, 1.54) is 18.2 Å². The largest absolute Gasteiger partial charge is 0.506 e. The van der Waals surface area contributed by atoms with Crippen molar-refractivity contribution in [3.8, 4) is 5.75 Å². The second kappa shape index (κ2) is 5.20. The highest BCUT2D eigenvalue weighted by molar-refractivity contribution is 7.89. The second-order valence-corrected chi connectivity index (χ2v) is 4.49. The van der Waals surface area contributed by atoms with Crippen LogP contribution >= 0.6 is 12.4 Å². The quantitative estimate of drug-likeness (QED) is 0.545. The molecule has 15 heavy (non-hydrogen) atoms. The third kappa shape index (κ3) is 3.26. The van der Waals surface area contributed by atoms with Gasteiger partial charge >= 0.3 is 0 Å². The first-order chi connectivity index (χ1) is 6.47.